The maximum Gasteiger partial charge on any atom is 0.118 e. The molecular weight excluding hydrogens is 266 g/mol. The van der Waals surface area contributed by atoms with Gasteiger partial charge in [-0.15, -0.1) is 0 Å². The minimum atomic E-state index is 0.0976. The molecule has 120 valence electrons. The number of ether oxygens (including phenoxy) is 2. The van der Waals surface area contributed by atoms with E-state index in [0.717, 1.165) is 56.3 Å². The quantitative estimate of drug-likeness (QED) is 0.873. The summed E-state index contributed by atoms with van der Waals surface area (Å²) >= 11 is 0. The summed E-state index contributed by atoms with van der Waals surface area (Å²) in [5, 5.41) is 3.44. The first-order valence-corrected chi connectivity index (χ1v) is 7.93. The second kappa shape index (κ2) is 7.43. The van der Waals surface area contributed by atoms with Crippen LogP contribution in [0, 0.1) is 12.8 Å². The zero-order chi connectivity index (χ0) is 15.3. The summed E-state index contributed by atoms with van der Waals surface area (Å²) in [5.41, 5.74) is 1.26. The van der Waals surface area contributed by atoms with Gasteiger partial charge in [0.25, 0.3) is 0 Å². The van der Waals surface area contributed by atoms with Crippen LogP contribution in [-0.4, -0.2) is 25.4 Å². The fourth-order valence-corrected chi connectivity index (χ4v) is 2.42. The highest BCUT2D eigenvalue weighted by Crippen LogP contribution is 2.19. The van der Waals surface area contributed by atoms with E-state index in [0.29, 0.717) is 12.5 Å². The van der Waals surface area contributed by atoms with Crippen LogP contribution in [-0.2, 0) is 22.6 Å². The molecule has 1 aromatic heterocycles. The van der Waals surface area contributed by atoms with Crippen LogP contribution in [0.15, 0.2) is 10.5 Å². The van der Waals surface area contributed by atoms with E-state index < -0.39 is 0 Å². The van der Waals surface area contributed by atoms with Gasteiger partial charge >= 0.3 is 0 Å². The van der Waals surface area contributed by atoms with Gasteiger partial charge in [0, 0.05) is 24.3 Å². The van der Waals surface area contributed by atoms with Crippen molar-refractivity contribution in [1.82, 2.24) is 5.32 Å². The molecule has 0 unspecified atom stereocenters. The monoisotopic (exact) mass is 295 g/mol. The van der Waals surface area contributed by atoms with Gasteiger partial charge < -0.3 is 19.2 Å². The Morgan fingerprint density at radius 2 is 2.00 bits per heavy atom. The third-order valence-electron chi connectivity index (χ3n) is 3.82. The van der Waals surface area contributed by atoms with Gasteiger partial charge in [0.15, 0.2) is 0 Å². The van der Waals surface area contributed by atoms with E-state index in [1.54, 1.807) is 0 Å². The smallest absolute Gasteiger partial charge is 0.118 e. The first kappa shape index (κ1) is 16.5. The van der Waals surface area contributed by atoms with Gasteiger partial charge in [-0.05, 0) is 52.5 Å². The van der Waals surface area contributed by atoms with Crippen molar-refractivity contribution in [3.8, 4) is 0 Å². The molecule has 21 heavy (non-hydrogen) atoms. The molecule has 1 fully saturated rings. The maximum absolute atomic E-state index is 5.86. The Balaban J connectivity index is 1.76. The van der Waals surface area contributed by atoms with Crippen molar-refractivity contribution in [2.45, 2.75) is 59.2 Å². The Labute approximate surface area is 128 Å². The van der Waals surface area contributed by atoms with Crippen molar-refractivity contribution >= 4 is 0 Å². The number of nitrogens with one attached hydrogen (secondary N) is 1. The predicted molar refractivity (Wildman–Crippen MR) is 83.2 cm³/mol. The molecule has 4 nitrogen and oxygen atoms in total. The third kappa shape index (κ3) is 5.81. The molecule has 4 heteroatoms. The average molecular weight is 295 g/mol. The molecular formula is C17H29NO3. The van der Waals surface area contributed by atoms with E-state index in [-0.39, 0.29) is 5.54 Å². The molecule has 0 aliphatic carbocycles. The first-order chi connectivity index (χ1) is 9.94. The van der Waals surface area contributed by atoms with Crippen LogP contribution in [0.2, 0.25) is 0 Å². The van der Waals surface area contributed by atoms with Crippen LogP contribution in [0.5, 0.6) is 0 Å². The van der Waals surface area contributed by atoms with Crippen molar-refractivity contribution < 1.29 is 13.9 Å². The molecule has 2 heterocycles. The fourth-order valence-electron chi connectivity index (χ4n) is 2.42. The second-order valence-electron chi connectivity index (χ2n) is 6.97. The minimum absolute atomic E-state index is 0.0976. The molecule has 0 aromatic carbocycles. The van der Waals surface area contributed by atoms with Crippen LogP contribution >= 0.6 is 0 Å². The van der Waals surface area contributed by atoms with Crippen molar-refractivity contribution in [3.05, 3.63) is 23.2 Å². The Morgan fingerprint density at radius 1 is 1.29 bits per heavy atom. The summed E-state index contributed by atoms with van der Waals surface area (Å²) in [6, 6.07) is 2.11. The summed E-state index contributed by atoms with van der Waals surface area (Å²) in [4.78, 5) is 0. The summed E-state index contributed by atoms with van der Waals surface area (Å²) in [7, 11) is 0. The van der Waals surface area contributed by atoms with Crippen molar-refractivity contribution in [2.24, 2.45) is 5.92 Å². The number of aryl methyl sites for hydroxylation is 1. The number of hydrogen-bond donors (Lipinski definition) is 1. The molecule has 1 aliphatic rings. The van der Waals surface area contributed by atoms with E-state index in [1.807, 2.05) is 6.92 Å². The molecule has 0 atom stereocenters. The fraction of sp³-hybridized carbons (Fsp3) is 0.765. The molecule has 0 radical (unpaired) electrons. The number of furan rings is 1. The molecule has 0 saturated carbocycles. The lowest BCUT2D eigenvalue weighted by Gasteiger charge is -2.21. The van der Waals surface area contributed by atoms with Crippen LogP contribution in [0.1, 0.15) is 50.7 Å². The van der Waals surface area contributed by atoms with E-state index in [9.17, 15) is 0 Å². The normalized spacial score (nSPS) is 17.3. The highest BCUT2D eigenvalue weighted by molar-refractivity contribution is 5.20. The standard InChI is InChI=1S/C17H29NO3/c1-13-15(9-16(21-13)10-18-17(2,3)4)12-20-11-14-5-7-19-8-6-14/h9,14,18H,5-8,10-12H2,1-4H3. The topological polar surface area (TPSA) is 43.6 Å². The first-order valence-electron chi connectivity index (χ1n) is 7.93. The van der Waals surface area contributed by atoms with E-state index >= 15 is 0 Å². The van der Waals surface area contributed by atoms with Crippen molar-refractivity contribution in [2.75, 3.05) is 19.8 Å². The Hall–Kier alpha value is -0.840. The summed E-state index contributed by atoms with van der Waals surface area (Å²) in [5.74, 6) is 2.59. The van der Waals surface area contributed by atoms with Gasteiger partial charge in [-0.3, -0.25) is 0 Å². The van der Waals surface area contributed by atoms with E-state index in [1.165, 1.54) is 0 Å². The number of rotatable bonds is 6. The lowest BCUT2D eigenvalue weighted by molar-refractivity contribution is 0.0155. The molecule has 0 amide bonds. The van der Waals surface area contributed by atoms with Gasteiger partial charge in [-0.1, -0.05) is 0 Å². The van der Waals surface area contributed by atoms with Crippen molar-refractivity contribution in [1.29, 1.82) is 0 Å². The minimum Gasteiger partial charge on any atom is -0.465 e. The molecule has 1 N–H and O–H groups in total. The number of hydrogen-bond acceptors (Lipinski definition) is 4. The van der Waals surface area contributed by atoms with Crippen LogP contribution in [0.3, 0.4) is 0 Å². The zero-order valence-electron chi connectivity index (χ0n) is 13.8. The molecule has 0 spiro atoms. The van der Waals surface area contributed by atoms with Gasteiger partial charge in [0.05, 0.1) is 19.8 Å². The molecule has 0 bridgehead atoms. The van der Waals surface area contributed by atoms with Gasteiger partial charge in [-0.25, -0.2) is 0 Å². The van der Waals surface area contributed by atoms with E-state index in [4.69, 9.17) is 13.9 Å². The summed E-state index contributed by atoms with van der Waals surface area (Å²) in [6.07, 6.45) is 2.23. The van der Waals surface area contributed by atoms with Gasteiger partial charge in [0.1, 0.15) is 11.5 Å². The SMILES string of the molecule is Cc1oc(CNC(C)(C)C)cc1COCC1CCOCC1. The largest absolute Gasteiger partial charge is 0.465 e. The lowest BCUT2D eigenvalue weighted by Crippen LogP contribution is -2.34. The molecule has 1 aliphatic heterocycles. The Kier molecular flexibility index (Phi) is 5.85. The summed E-state index contributed by atoms with van der Waals surface area (Å²) in [6.45, 7) is 12.4. The second-order valence-corrected chi connectivity index (χ2v) is 6.97. The Bertz CT molecular complexity index is 428. The molecule has 2 rings (SSSR count). The van der Waals surface area contributed by atoms with Crippen molar-refractivity contribution in [3.63, 3.8) is 0 Å². The molecule has 1 saturated heterocycles. The maximum atomic E-state index is 5.86. The highest BCUT2D eigenvalue weighted by Gasteiger charge is 2.15. The Morgan fingerprint density at radius 3 is 2.67 bits per heavy atom. The third-order valence-corrected chi connectivity index (χ3v) is 3.82. The van der Waals surface area contributed by atoms with E-state index in [2.05, 4.69) is 32.2 Å². The van der Waals surface area contributed by atoms with Crippen LogP contribution < -0.4 is 5.32 Å². The predicted octanol–water partition coefficient (Wildman–Crippen LogP) is 3.42. The zero-order valence-corrected chi connectivity index (χ0v) is 13.8. The lowest BCUT2D eigenvalue weighted by atomic mass is 10.0. The summed E-state index contributed by atoms with van der Waals surface area (Å²) < 4.78 is 17.0. The van der Waals surface area contributed by atoms with Crippen LogP contribution in [0.25, 0.3) is 0 Å². The van der Waals surface area contributed by atoms with Gasteiger partial charge in [0.2, 0.25) is 0 Å². The van der Waals surface area contributed by atoms with Crippen LogP contribution in [0.4, 0.5) is 0 Å². The highest BCUT2D eigenvalue weighted by atomic mass is 16.5. The average Bonchev–Trinajstić information content (AvgIpc) is 2.78. The molecule has 1 aromatic rings. The van der Waals surface area contributed by atoms with Gasteiger partial charge in [-0.2, -0.15) is 0 Å².